The molecule has 3 N–H and O–H groups in total. The molecule has 0 aliphatic carbocycles. The minimum atomic E-state index is -3.25. The highest BCUT2D eigenvalue weighted by Gasteiger charge is 2.21. The van der Waals surface area contributed by atoms with Crippen molar-refractivity contribution in [3.8, 4) is 0 Å². The molecule has 1 fully saturated rings. The Labute approximate surface area is 92.2 Å². The highest BCUT2D eigenvalue weighted by atomic mass is 32.2. The molecule has 6 heteroatoms. The van der Waals surface area contributed by atoms with Crippen molar-refractivity contribution in [3.63, 3.8) is 0 Å². The third-order valence-corrected chi connectivity index (χ3v) is 4.18. The first kappa shape index (κ1) is 12.9. The molecule has 0 saturated carbocycles. The molecule has 0 aromatic rings. The van der Waals surface area contributed by atoms with Gasteiger partial charge in [0.15, 0.2) is 0 Å². The summed E-state index contributed by atoms with van der Waals surface area (Å²) >= 11 is 0. The molecule has 1 aliphatic heterocycles. The van der Waals surface area contributed by atoms with Crippen LogP contribution in [0.4, 0.5) is 0 Å². The first-order chi connectivity index (χ1) is 7.17. The standard InChI is InChI=1S/C9H21N3O2S/c10-6-5-7-11-15(13,14)12-8-3-1-2-4-9-12/h11H,1-10H2. The molecule has 1 saturated heterocycles. The van der Waals surface area contributed by atoms with Crippen molar-refractivity contribution < 1.29 is 8.42 Å². The van der Waals surface area contributed by atoms with Gasteiger partial charge in [-0.2, -0.15) is 12.7 Å². The number of hydrogen-bond donors (Lipinski definition) is 2. The van der Waals surface area contributed by atoms with Crippen LogP contribution in [0.3, 0.4) is 0 Å². The Kier molecular flexibility index (Phi) is 5.52. The number of nitrogens with one attached hydrogen (secondary N) is 1. The summed E-state index contributed by atoms with van der Waals surface area (Å²) in [5.41, 5.74) is 5.31. The summed E-state index contributed by atoms with van der Waals surface area (Å²) in [5.74, 6) is 0. The number of nitrogens with zero attached hydrogens (tertiary/aromatic N) is 1. The van der Waals surface area contributed by atoms with Crippen LogP contribution in [-0.2, 0) is 10.2 Å². The van der Waals surface area contributed by atoms with Crippen LogP contribution in [0.15, 0.2) is 0 Å². The summed E-state index contributed by atoms with van der Waals surface area (Å²) in [6.45, 7) is 2.26. The van der Waals surface area contributed by atoms with Crippen molar-refractivity contribution >= 4 is 10.2 Å². The van der Waals surface area contributed by atoms with Crippen LogP contribution in [0.25, 0.3) is 0 Å². The number of hydrogen-bond acceptors (Lipinski definition) is 3. The fourth-order valence-electron chi connectivity index (χ4n) is 1.68. The molecular formula is C9H21N3O2S. The fourth-order valence-corrected chi connectivity index (χ4v) is 3.00. The van der Waals surface area contributed by atoms with Crippen molar-refractivity contribution in [3.05, 3.63) is 0 Å². The monoisotopic (exact) mass is 235 g/mol. The van der Waals surface area contributed by atoms with Crippen molar-refractivity contribution in [2.24, 2.45) is 5.73 Å². The second-order valence-electron chi connectivity index (χ2n) is 3.85. The summed E-state index contributed by atoms with van der Waals surface area (Å²) in [7, 11) is -3.25. The van der Waals surface area contributed by atoms with Gasteiger partial charge in [-0.25, -0.2) is 4.72 Å². The van der Waals surface area contributed by atoms with E-state index >= 15 is 0 Å². The van der Waals surface area contributed by atoms with Crippen molar-refractivity contribution in [1.29, 1.82) is 0 Å². The van der Waals surface area contributed by atoms with Gasteiger partial charge in [0.25, 0.3) is 10.2 Å². The van der Waals surface area contributed by atoms with Crippen LogP contribution in [0.1, 0.15) is 32.1 Å². The maximum Gasteiger partial charge on any atom is 0.279 e. The lowest BCUT2D eigenvalue weighted by atomic mass is 10.2. The Bertz CT molecular complexity index is 259. The molecule has 15 heavy (non-hydrogen) atoms. The zero-order valence-electron chi connectivity index (χ0n) is 9.11. The highest BCUT2D eigenvalue weighted by molar-refractivity contribution is 7.87. The summed E-state index contributed by atoms with van der Waals surface area (Å²) in [5, 5.41) is 0. The molecule has 5 nitrogen and oxygen atoms in total. The highest BCUT2D eigenvalue weighted by Crippen LogP contribution is 2.12. The van der Waals surface area contributed by atoms with E-state index in [4.69, 9.17) is 5.73 Å². The van der Waals surface area contributed by atoms with Crippen molar-refractivity contribution in [2.75, 3.05) is 26.2 Å². The molecule has 1 aliphatic rings. The molecule has 0 unspecified atom stereocenters. The Morgan fingerprint density at radius 3 is 2.27 bits per heavy atom. The molecule has 1 rings (SSSR count). The van der Waals surface area contributed by atoms with Crippen LogP contribution in [0.2, 0.25) is 0 Å². The third kappa shape index (κ3) is 4.46. The average molecular weight is 235 g/mol. The molecule has 90 valence electrons. The lowest BCUT2D eigenvalue weighted by molar-refractivity contribution is 0.414. The molecule has 0 radical (unpaired) electrons. The van der Waals surface area contributed by atoms with E-state index in [1.807, 2.05) is 0 Å². The van der Waals surface area contributed by atoms with E-state index in [2.05, 4.69) is 4.72 Å². The number of rotatable bonds is 5. The lowest BCUT2D eigenvalue weighted by Crippen LogP contribution is -2.41. The Balaban J connectivity index is 2.43. The van der Waals surface area contributed by atoms with Crippen molar-refractivity contribution in [1.82, 2.24) is 9.03 Å². The van der Waals surface area contributed by atoms with E-state index in [0.29, 0.717) is 32.6 Å². The molecule has 0 aromatic heterocycles. The average Bonchev–Trinajstić information content (AvgIpc) is 2.46. The minimum Gasteiger partial charge on any atom is -0.330 e. The summed E-state index contributed by atoms with van der Waals surface area (Å²) in [4.78, 5) is 0. The van der Waals surface area contributed by atoms with Crippen LogP contribution in [0, 0.1) is 0 Å². The van der Waals surface area contributed by atoms with Gasteiger partial charge in [-0.1, -0.05) is 12.8 Å². The van der Waals surface area contributed by atoms with Gasteiger partial charge in [-0.15, -0.1) is 0 Å². The molecule has 0 aromatic carbocycles. The maximum atomic E-state index is 11.8. The van der Waals surface area contributed by atoms with Gasteiger partial charge < -0.3 is 5.73 Å². The topological polar surface area (TPSA) is 75.4 Å². The second kappa shape index (κ2) is 6.42. The zero-order valence-corrected chi connectivity index (χ0v) is 9.93. The third-order valence-electron chi connectivity index (χ3n) is 2.57. The van der Waals surface area contributed by atoms with E-state index in [0.717, 1.165) is 25.7 Å². The quantitative estimate of drug-likeness (QED) is 0.661. The Morgan fingerprint density at radius 2 is 1.73 bits per heavy atom. The Morgan fingerprint density at radius 1 is 1.13 bits per heavy atom. The normalized spacial score (nSPS) is 20.1. The fraction of sp³-hybridized carbons (Fsp3) is 1.00. The molecule has 0 spiro atoms. The van der Waals surface area contributed by atoms with Crippen LogP contribution < -0.4 is 10.5 Å². The zero-order chi connectivity index (χ0) is 11.1. The largest absolute Gasteiger partial charge is 0.330 e. The summed E-state index contributed by atoms with van der Waals surface area (Å²) in [6, 6.07) is 0. The van der Waals surface area contributed by atoms with Crippen molar-refractivity contribution in [2.45, 2.75) is 32.1 Å². The van der Waals surface area contributed by atoms with Gasteiger partial charge in [0.2, 0.25) is 0 Å². The Hall–Kier alpha value is -0.170. The molecular weight excluding hydrogens is 214 g/mol. The van der Waals surface area contributed by atoms with Gasteiger partial charge in [0.05, 0.1) is 0 Å². The van der Waals surface area contributed by atoms with Crippen LogP contribution in [0.5, 0.6) is 0 Å². The van der Waals surface area contributed by atoms with E-state index in [1.165, 1.54) is 0 Å². The smallest absolute Gasteiger partial charge is 0.279 e. The minimum absolute atomic E-state index is 0.440. The predicted molar refractivity (Wildman–Crippen MR) is 60.6 cm³/mol. The first-order valence-electron chi connectivity index (χ1n) is 5.61. The van der Waals surface area contributed by atoms with E-state index in [1.54, 1.807) is 4.31 Å². The second-order valence-corrected chi connectivity index (χ2v) is 5.61. The number of nitrogens with two attached hydrogens (primary N) is 1. The lowest BCUT2D eigenvalue weighted by Gasteiger charge is -2.19. The van der Waals surface area contributed by atoms with Gasteiger partial charge in [0.1, 0.15) is 0 Å². The van der Waals surface area contributed by atoms with E-state index < -0.39 is 10.2 Å². The van der Waals surface area contributed by atoms with Gasteiger partial charge >= 0.3 is 0 Å². The van der Waals surface area contributed by atoms with E-state index in [9.17, 15) is 8.42 Å². The van der Waals surface area contributed by atoms with E-state index in [-0.39, 0.29) is 0 Å². The molecule has 0 bridgehead atoms. The maximum absolute atomic E-state index is 11.8. The molecule has 0 amide bonds. The van der Waals surface area contributed by atoms with Gasteiger partial charge in [-0.3, -0.25) is 0 Å². The SMILES string of the molecule is NCCCNS(=O)(=O)N1CCCCCC1. The molecule has 0 atom stereocenters. The predicted octanol–water partition coefficient (Wildman–Crippen LogP) is 0.0456. The summed E-state index contributed by atoms with van der Waals surface area (Å²) < 4.78 is 27.7. The summed E-state index contributed by atoms with van der Waals surface area (Å²) in [6.07, 6.45) is 4.90. The van der Waals surface area contributed by atoms with Gasteiger partial charge in [-0.05, 0) is 25.8 Å². The first-order valence-corrected chi connectivity index (χ1v) is 7.05. The van der Waals surface area contributed by atoms with Gasteiger partial charge in [0, 0.05) is 19.6 Å². The molecule has 1 heterocycles. The van der Waals surface area contributed by atoms with Crippen LogP contribution in [-0.4, -0.2) is 38.9 Å². The van der Waals surface area contributed by atoms with Crippen LogP contribution >= 0.6 is 0 Å².